The van der Waals surface area contributed by atoms with E-state index >= 15 is 0 Å². The third-order valence-corrected chi connectivity index (χ3v) is 7.28. The Morgan fingerprint density at radius 1 is 0.649 bits per heavy atom. The Kier molecular flexibility index (Phi) is 5.88. The first-order valence-electron chi connectivity index (χ1n) is 13.0. The Morgan fingerprint density at radius 3 is 1.78 bits per heavy atom. The second-order valence-electron chi connectivity index (χ2n) is 10.1. The molecule has 190 valence electrons. The normalized spacial score (nSPS) is 22.6. The lowest BCUT2D eigenvalue weighted by atomic mass is 9.85. The molecule has 0 aliphatic carbocycles. The summed E-state index contributed by atoms with van der Waals surface area (Å²) >= 11 is 0. The minimum atomic E-state index is -0.0120. The smallest absolute Gasteiger partial charge is 0.123 e. The van der Waals surface area contributed by atoms with Crippen molar-refractivity contribution in [2.45, 2.75) is 31.2 Å². The third-order valence-electron chi connectivity index (χ3n) is 7.28. The van der Waals surface area contributed by atoms with Gasteiger partial charge in [-0.05, 0) is 45.8 Å². The van der Waals surface area contributed by atoms with Crippen molar-refractivity contribution in [2.24, 2.45) is 0 Å². The molecule has 6 heteroatoms. The SMILES string of the molecule is CC(c1c(OCC2CO2)ccc2ccccc12)c1c(OCC2CO2)ccc2ccc(OCC3CO3)cc12. The van der Waals surface area contributed by atoms with Crippen molar-refractivity contribution in [3.05, 3.63) is 77.9 Å². The number of rotatable bonds is 11. The maximum Gasteiger partial charge on any atom is 0.123 e. The summed E-state index contributed by atoms with van der Waals surface area (Å²) in [6.45, 7) is 6.18. The summed E-state index contributed by atoms with van der Waals surface area (Å²) in [5.74, 6) is 2.57. The largest absolute Gasteiger partial charge is 0.491 e. The highest BCUT2D eigenvalue weighted by Gasteiger charge is 2.28. The lowest BCUT2D eigenvalue weighted by Gasteiger charge is -2.24. The molecule has 4 aromatic carbocycles. The number of ether oxygens (including phenoxy) is 6. The van der Waals surface area contributed by atoms with Crippen molar-refractivity contribution in [1.29, 1.82) is 0 Å². The summed E-state index contributed by atoms with van der Waals surface area (Å²) < 4.78 is 35.0. The van der Waals surface area contributed by atoms with Crippen LogP contribution in [0.1, 0.15) is 24.0 Å². The molecule has 3 heterocycles. The molecule has 0 saturated carbocycles. The van der Waals surface area contributed by atoms with E-state index in [1.807, 2.05) is 6.07 Å². The number of epoxide rings is 3. The van der Waals surface area contributed by atoms with E-state index in [0.29, 0.717) is 19.8 Å². The van der Waals surface area contributed by atoms with E-state index in [1.54, 1.807) is 0 Å². The number of fused-ring (bicyclic) bond motifs is 2. The Labute approximate surface area is 216 Å². The molecule has 0 aromatic heterocycles. The average molecular weight is 499 g/mol. The van der Waals surface area contributed by atoms with Crippen LogP contribution in [0.3, 0.4) is 0 Å². The maximum atomic E-state index is 6.37. The summed E-state index contributed by atoms with van der Waals surface area (Å²) in [6, 6.07) is 23.2. The Bertz CT molecular complexity index is 1430. The fourth-order valence-corrected chi connectivity index (χ4v) is 5.00. The van der Waals surface area contributed by atoms with E-state index in [9.17, 15) is 0 Å². The van der Waals surface area contributed by atoms with E-state index in [2.05, 4.69) is 67.6 Å². The molecule has 3 fully saturated rings. The minimum Gasteiger partial charge on any atom is -0.491 e. The van der Waals surface area contributed by atoms with Gasteiger partial charge in [-0.3, -0.25) is 0 Å². The molecule has 0 spiro atoms. The van der Waals surface area contributed by atoms with E-state index in [4.69, 9.17) is 28.4 Å². The average Bonchev–Trinajstić information content (AvgIpc) is 3.77. The van der Waals surface area contributed by atoms with Crippen LogP contribution in [-0.4, -0.2) is 58.0 Å². The lowest BCUT2D eigenvalue weighted by Crippen LogP contribution is -2.11. The number of hydrogen-bond acceptors (Lipinski definition) is 6. The fourth-order valence-electron chi connectivity index (χ4n) is 5.00. The zero-order chi connectivity index (χ0) is 24.8. The van der Waals surface area contributed by atoms with Gasteiger partial charge in [0.1, 0.15) is 55.4 Å². The van der Waals surface area contributed by atoms with Gasteiger partial charge in [0.25, 0.3) is 0 Å². The highest BCUT2D eigenvalue weighted by atomic mass is 16.6. The minimum absolute atomic E-state index is 0.0120. The standard InChI is InChI=1S/C31H30O6/c1-19(30-26-5-3-2-4-20(26)7-10-28(30)36-17-24-15-34-24)31-27-12-22(32-13-23-14-33-23)9-6-21(27)8-11-29(31)37-18-25-16-35-25/h2-12,19,23-25H,13-18H2,1H3. The van der Waals surface area contributed by atoms with E-state index in [1.165, 1.54) is 10.8 Å². The van der Waals surface area contributed by atoms with E-state index in [0.717, 1.165) is 59.0 Å². The third kappa shape index (κ3) is 4.97. The molecule has 3 aliphatic rings. The quantitative estimate of drug-likeness (QED) is 0.255. The van der Waals surface area contributed by atoms with Crippen LogP contribution in [0.2, 0.25) is 0 Å². The molecule has 4 unspecified atom stereocenters. The monoisotopic (exact) mass is 498 g/mol. The molecule has 3 aliphatic heterocycles. The van der Waals surface area contributed by atoms with E-state index in [-0.39, 0.29) is 24.2 Å². The van der Waals surface area contributed by atoms with Crippen molar-refractivity contribution in [1.82, 2.24) is 0 Å². The van der Waals surface area contributed by atoms with Crippen molar-refractivity contribution >= 4 is 21.5 Å². The maximum absolute atomic E-state index is 6.37. The van der Waals surface area contributed by atoms with Gasteiger partial charge >= 0.3 is 0 Å². The van der Waals surface area contributed by atoms with Crippen LogP contribution in [0, 0.1) is 0 Å². The summed E-state index contributed by atoms with van der Waals surface area (Å²) in [4.78, 5) is 0. The zero-order valence-corrected chi connectivity index (χ0v) is 20.9. The predicted molar refractivity (Wildman–Crippen MR) is 141 cm³/mol. The van der Waals surface area contributed by atoms with Gasteiger partial charge in [-0.25, -0.2) is 0 Å². The van der Waals surface area contributed by atoms with Gasteiger partial charge < -0.3 is 28.4 Å². The highest BCUT2D eigenvalue weighted by Crippen LogP contribution is 2.44. The van der Waals surface area contributed by atoms with Crippen molar-refractivity contribution in [2.75, 3.05) is 39.6 Å². The first kappa shape index (κ1) is 22.8. The van der Waals surface area contributed by atoms with Crippen molar-refractivity contribution in [3.63, 3.8) is 0 Å². The van der Waals surface area contributed by atoms with Gasteiger partial charge in [0, 0.05) is 17.0 Å². The first-order valence-corrected chi connectivity index (χ1v) is 13.0. The van der Waals surface area contributed by atoms with Gasteiger partial charge in [0.2, 0.25) is 0 Å². The van der Waals surface area contributed by atoms with Gasteiger partial charge in [-0.2, -0.15) is 0 Å². The molecule has 0 amide bonds. The molecule has 0 bridgehead atoms. The van der Waals surface area contributed by atoms with Crippen LogP contribution in [-0.2, 0) is 14.2 Å². The van der Waals surface area contributed by atoms with Crippen LogP contribution < -0.4 is 14.2 Å². The lowest BCUT2D eigenvalue weighted by molar-refractivity contribution is 0.258. The predicted octanol–water partition coefficient (Wildman–Crippen LogP) is 5.48. The molecule has 0 N–H and O–H groups in total. The highest BCUT2D eigenvalue weighted by molar-refractivity contribution is 5.93. The topological polar surface area (TPSA) is 65.3 Å². The fraction of sp³-hybridized carbons (Fsp3) is 0.355. The molecule has 3 saturated heterocycles. The molecule has 37 heavy (non-hydrogen) atoms. The first-order chi connectivity index (χ1) is 18.2. The van der Waals surface area contributed by atoms with Gasteiger partial charge in [0.15, 0.2) is 0 Å². The second kappa shape index (κ2) is 9.53. The summed E-state index contributed by atoms with van der Waals surface area (Å²) in [5, 5.41) is 4.61. The van der Waals surface area contributed by atoms with Crippen LogP contribution in [0.25, 0.3) is 21.5 Å². The molecule has 6 nitrogen and oxygen atoms in total. The van der Waals surface area contributed by atoms with Gasteiger partial charge in [-0.15, -0.1) is 0 Å². The molecular formula is C31H30O6. The molecule has 7 rings (SSSR count). The zero-order valence-electron chi connectivity index (χ0n) is 20.9. The molecule has 4 aromatic rings. The van der Waals surface area contributed by atoms with Crippen LogP contribution in [0.5, 0.6) is 17.2 Å². The molecule has 0 radical (unpaired) electrons. The Morgan fingerprint density at radius 2 is 1.16 bits per heavy atom. The summed E-state index contributed by atoms with van der Waals surface area (Å²) in [6.07, 6.45) is 0.551. The van der Waals surface area contributed by atoms with Crippen molar-refractivity contribution < 1.29 is 28.4 Å². The number of benzene rings is 4. The van der Waals surface area contributed by atoms with Gasteiger partial charge in [-0.1, -0.05) is 49.4 Å². The van der Waals surface area contributed by atoms with Crippen LogP contribution in [0.15, 0.2) is 66.7 Å². The summed E-state index contributed by atoms with van der Waals surface area (Å²) in [5.41, 5.74) is 2.27. The number of hydrogen-bond donors (Lipinski definition) is 0. The Hall–Kier alpha value is -3.32. The van der Waals surface area contributed by atoms with E-state index < -0.39 is 0 Å². The Balaban J connectivity index is 1.35. The molecule has 4 atom stereocenters. The van der Waals surface area contributed by atoms with Crippen LogP contribution in [0.4, 0.5) is 0 Å². The van der Waals surface area contributed by atoms with Crippen LogP contribution >= 0.6 is 0 Å². The second-order valence-corrected chi connectivity index (χ2v) is 10.1. The van der Waals surface area contributed by atoms with Gasteiger partial charge in [0.05, 0.1) is 19.8 Å². The van der Waals surface area contributed by atoms with Crippen molar-refractivity contribution in [3.8, 4) is 17.2 Å². The summed E-state index contributed by atoms with van der Waals surface area (Å²) in [7, 11) is 0. The molecular weight excluding hydrogens is 468 g/mol.